The minimum atomic E-state index is -1.81. The predicted molar refractivity (Wildman–Crippen MR) is 129 cm³/mol. The Morgan fingerprint density at radius 2 is 1.72 bits per heavy atom. The number of carbonyl (C=O) groups excluding carboxylic acids is 1. The highest BCUT2D eigenvalue weighted by Gasteiger charge is 2.39. The average Bonchev–Trinajstić information content (AvgIpc) is 2.56. The van der Waals surface area contributed by atoms with Gasteiger partial charge < -0.3 is 9.16 Å². The predicted octanol–water partition coefficient (Wildman–Crippen LogP) is 7.38. The molecule has 0 N–H and O–H groups in total. The van der Waals surface area contributed by atoms with Crippen LogP contribution in [-0.2, 0) is 14.0 Å². The van der Waals surface area contributed by atoms with Crippen molar-refractivity contribution in [3.63, 3.8) is 0 Å². The van der Waals surface area contributed by atoms with Crippen LogP contribution < -0.4 is 0 Å². The smallest absolute Gasteiger partial charge is 0.333 e. The Morgan fingerprint density at radius 1 is 1.17 bits per heavy atom. The van der Waals surface area contributed by atoms with Crippen molar-refractivity contribution in [2.45, 2.75) is 92.0 Å². The quantitative estimate of drug-likeness (QED) is 0.115. The molecule has 3 nitrogen and oxygen atoms in total. The fourth-order valence-electron chi connectivity index (χ4n) is 3.07. The van der Waals surface area contributed by atoms with E-state index in [1.807, 2.05) is 6.92 Å². The normalized spacial score (nSPS) is 15.7. The molecule has 0 spiro atoms. The van der Waals surface area contributed by atoms with E-state index < -0.39 is 8.32 Å². The molecule has 0 radical (unpaired) electrons. The molecule has 0 saturated heterocycles. The van der Waals surface area contributed by atoms with Gasteiger partial charge in [0, 0.05) is 5.57 Å². The molecule has 0 fully saturated rings. The molecule has 166 valence electrons. The van der Waals surface area contributed by atoms with E-state index in [1.54, 1.807) is 0 Å². The van der Waals surface area contributed by atoms with Crippen molar-refractivity contribution in [2.75, 3.05) is 7.11 Å². The van der Waals surface area contributed by atoms with Gasteiger partial charge >= 0.3 is 5.97 Å². The third-order valence-electron chi connectivity index (χ3n) is 5.67. The molecule has 0 aromatic heterocycles. The third kappa shape index (κ3) is 9.77. The van der Waals surface area contributed by atoms with Gasteiger partial charge in [-0.25, -0.2) is 4.79 Å². The third-order valence-corrected chi connectivity index (χ3v) is 10.2. The number of rotatable bonds is 11. The molecule has 29 heavy (non-hydrogen) atoms. The van der Waals surface area contributed by atoms with E-state index in [1.165, 1.54) is 12.7 Å². The lowest BCUT2D eigenvalue weighted by molar-refractivity contribution is -0.136. The zero-order chi connectivity index (χ0) is 23.0. The Hall–Kier alpha value is -1.39. The van der Waals surface area contributed by atoms with Crippen LogP contribution in [0.4, 0.5) is 0 Å². The maximum absolute atomic E-state index is 11.5. The van der Waals surface area contributed by atoms with E-state index in [-0.39, 0.29) is 17.1 Å². The van der Waals surface area contributed by atoms with Gasteiger partial charge in [0.1, 0.15) is 0 Å². The Balaban J connectivity index is 5.02. The van der Waals surface area contributed by atoms with Crippen LogP contribution in [0.5, 0.6) is 0 Å². The summed E-state index contributed by atoms with van der Waals surface area (Å²) in [5, 5.41) is 0.197. The molecular formula is C25H44O3Si. The topological polar surface area (TPSA) is 35.5 Å². The maximum atomic E-state index is 11.5. The standard InChI is InChI=1S/C25H44O3Si/c1-13-23(28-29(11,12)25(7,8)9)21(5)16-19(3)14-18(2)15-20(4)17-22(6)24(26)27-10/h15-16,18,23H,3,6,13-14,17H2,1-2,4-5,7-12H3/b20-15+,21-16+/t18-,23+/m0/s1. The molecular weight excluding hydrogens is 376 g/mol. The second-order valence-electron chi connectivity index (χ2n) is 9.79. The first-order chi connectivity index (χ1) is 13.1. The van der Waals surface area contributed by atoms with Gasteiger partial charge in [-0.3, -0.25) is 0 Å². The summed E-state index contributed by atoms with van der Waals surface area (Å²) in [4.78, 5) is 11.5. The lowest BCUT2D eigenvalue weighted by atomic mass is 9.95. The molecule has 0 saturated carbocycles. The summed E-state index contributed by atoms with van der Waals surface area (Å²) in [7, 11) is -0.430. The van der Waals surface area contributed by atoms with Crippen molar-refractivity contribution >= 4 is 14.3 Å². The van der Waals surface area contributed by atoms with Gasteiger partial charge in [0.15, 0.2) is 8.32 Å². The summed E-state index contributed by atoms with van der Waals surface area (Å²) < 4.78 is 11.3. The summed E-state index contributed by atoms with van der Waals surface area (Å²) in [6.45, 7) is 28.0. The van der Waals surface area contributed by atoms with Crippen LogP contribution in [0.25, 0.3) is 0 Å². The molecule has 0 aromatic carbocycles. The number of methoxy groups -OCH3 is 1. The first-order valence-corrected chi connectivity index (χ1v) is 13.5. The van der Waals surface area contributed by atoms with Gasteiger partial charge in [-0.2, -0.15) is 0 Å². The molecule has 4 heteroatoms. The van der Waals surface area contributed by atoms with Crippen LogP contribution in [0.3, 0.4) is 0 Å². The van der Waals surface area contributed by atoms with Crippen molar-refractivity contribution in [3.8, 4) is 0 Å². The highest BCUT2D eigenvalue weighted by Crippen LogP contribution is 2.38. The number of carbonyl (C=O) groups is 1. The first kappa shape index (κ1) is 27.6. The lowest BCUT2D eigenvalue weighted by Crippen LogP contribution is -2.44. The lowest BCUT2D eigenvalue weighted by Gasteiger charge is -2.39. The van der Waals surface area contributed by atoms with E-state index in [4.69, 9.17) is 9.16 Å². The summed E-state index contributed by atoms with van der Waals surface area (Å²) in [6, 6.07) is 0. The largest absolute Gasteiger partial charge is 0.466 e. The monoisotopic (exact) mass is 420 g/mol. The van der Waals surface area contributed by atoms with Crippen molar-refractivity contribution in [3.05, 3.63) is 47.6 Å². The molecule has 2 atom stereocenters. The minimum Gasteiger partial charge on any atom is -0.466 e. The first-order valence-electron chi connectivity index (χ1n) is 10.6. The highest BCUT2D eigenvalue weighted by molar-refractivity contribution is 6.74. The Labute approximate surface area is 181 Å². The Morgan fingerprint density at radius 3 is 2.17 bits per heavy atom. The number of hydrogen-bond donors (Lipinski definition) is 0. The second-order valence-corrected chi connectivity index (χ2v) is 14.5. The SMILES string of the molecule is C=C(/C=C(\C)[C@@H](CC)O[Si](C)(C)C(C)(C)C)C[C@H](C)/C=C(\C)CC(=C)C(=O)OC. The highest BCUT2D eigenvalue weighted by atomic mass is 28.4. The molecule has 0 aliphatic heterocycles. The summed E-state index contributed by atoms with van der Waals surface area (Å²) in [5.41, 5.74) is 3.95. The van der Waals surface area contributed by atoms with Gasteiger partial charge in [-0.15, -0.1) is 0 Å². The van der Waals surface area contributed by atoms with Crippen LogP contribution >= 0.6 is 0 Å². The van der Waals surface area contributed by atoms with Crippen LogP contribution in [0.2, 0.25) is 18.1 Å². The van der Waals surface area contributed by atoms with E-state index in [0.717, 1.165) is 24.0 Å². The van der Waals surface area contributed by atoms with Gasteiger partial charge in [0.25, 0.3) is 0 Å². The number of allylic oxidation sites excluding steroid dienone is 4. The molecule has 0 aliphatic carbocycles. The fourth-order valence-corrected chi connectivity index (χ4v) is 4.49. The van der Waals surface area contributed by atoms with Gasteiger partial charge in [0.2, 0.25) is 0 Å². The number of hydrogen-bond acceptors (Lipinski definition) is 3. The van der Waals surface area contributed by atoms with E-state index in [0.29, 0.717) is 17.9 Å². The second kappa shape index (κ2) is 11.7. The van der Waals surface area contributed by atoms with Crippen LogP contribution in [-0.4, -0.2) is 27.5 Å². The average molecular weight is 421 g/mol. The van der Waals surface area contributed by atoms with Crippen molar-refractivity contribution in [1.82, 2.24) is 0 Å². The molecule has 0 aliphatic rings. The van der Waals surface area contributed by atoms with Gasteiger partial charge in [-0.1, -0.05) is 71.1 Å². The van der Waals surface area contributed by atoms with Gasteiger partial charge in [-0.05, 0) is 62.7 Å². The maximum Gasteiger partial charge on any atom is 0.333 e. The summed E-state index contributed by atoms with van der Waals surface area (Å²) >= 11 is 0. The Bertz CT molecular complexity index is 647. The molecule has 0 amide bonds. The van der Waals surface area contributed by atoms with Crippen LogP contribution in [0.15, 0.2) is 47.6 Å². The van der Waals surface area contributed by atoms with Crippen molar-refractivity contribution < 1.29 is 14.0 Å². The molecule has 0 aromatic rings. The molecule has 0 rings (SSSR count). The fraction of sp³-hybridized carbons (Fsp3) is 0.640. The number of ether oxygens (including phenoxy) is 1. The minimum absolute atomic E-state index is 0.142. The van der Waals surface area contributed by atoms with Crippen molar-refractivity contribution in [2.24, 2.45) is 5.92 Å². The summed E-state index contributed by atoms with van der Waals surface area (Å²) in [5.74, 6) is -0.0147. The number of esters is 1. The van der Waals surface area contributed by atoms with E-state index in [9.17, 15) is 4.79 Å². The van der Waals surface area contributed by atoms with Crippen LogP contribution in [0, 0.1) is 5.92 Å². The van der Waals surface area contributed by atoms with Gasteiger partial charge in [0.05, 0.1) is 13.2 Å². The molecule has 0 bridgehead atoms. The zero-order valence-electron chi connectivity index (χ0n) is 20.6. The molecule has 0 unspecified atom stereocenters. The van der Waals surface area contributed by atoms with Crippen molar-refractivity contribution in [1.29, 1.82) is 0 Å². The summed E-state index contributed by atoms with van der Waals surface area (Å²) in [6.07, 6.45) is 6.89. The molecule has 0 heterocycles. The van der Waals surface area contributed by atoms with Crippen LogP contribution in [0.1, 0.15) is 67.7 Å². The zero-order valence-corrected chi connectivity index (χ0v) is 21.6. The Kier molecular flexibility index (Phi) is 11.1. The van der Waals surface area contributed by atoms with E-state index >= 15 is 0 Å². The van der Waals surface area contributed by atoms with E-state index in [2.05, 4.69) is 79.9 Å².